The van der Waals surface area contributed by atoms with Crippen molar-refractivity contribution in [3.05, 3.63) is 34.9 Å². The van der Waals surface area contributed by atoms with Gasteiger partial charge < -0.3 is 14.6 Å². The average molecular weight is 362 g/mol. The third kappa shape index (κ3) is 3.42. The summed E-state index contributed by atoms with van der Waals surface area (Å²) in [6, 6.07) is 6.34. The molecule has 1 aliphatic carbocycles. The van der Waals surface area contributed by atoms with E-state index in [9.17, 15) is 14.5 Å². The van der Waals surface area contributed by atoms with E-state index in [1.165, 1.54) is 16.0 Å². The van der Waals surface area contributed by atoms with Crippen molar-refractivity contribution in [2.45, 2.75) is 51.7 Å². The van der Waals surface area contributed by atoms with Gasteiger partial charge >= 0.3 is 6.09 Å². The Balaban J connectivity index is 2.01. The van der Waals surface area contributed by atoms with Crippen LogP contribution in [0.3, 0.4) is 0 Å². The Bertz CT molecular complexity index is 716. The molecule has 0 bridgehead atoms. The van der Waals surface area contributed by atoms with E-state index in [4.69, 9.17) is 0 Å². The predicted octanol–water partition coefficient (Wildman–Crippen LogP) is 3.56. The molecule has 1 aromatic rings. The molecular weight excluding hydrogens is 336 g/mol. The predicted molar refractivity (Wildman–Crippen MR) is 101 cm³/mol. The lowest BCUT2D eigenvalue weighted by Gasteiger charge is -2.38. The first-order chi connectivity index (χ1) is 11.6. The van der Waals surface area contributed by atoms with Gasteiger partial charge in [-0.25, -0.2) is 4.79 Å². The van der Waals surface area contributed by atoms with Gasteiger partial charge in [0.05, 0.1) is 0 Å². The van der Waals surface area contributed by atoms with Gasteiger partial charge in [0.1, 0.15) is 21.8 Å². The first-order valence-corrected chi connectivity index (χ1v) is 9.82. The van der Waals surface area contributed by atoms with Crippen LogP contribution in [-0.4, -0.2) is 44.2 Å². The quantitative estimate of drug-likeness (QED) is 0.776. The zero-order valence-corrected chi connectivity index (χ0v) is 16.2. The summed E-state index contributed by atoms with van der Waals surface area (Å²) >= 11 is -1.33. The summed E-state index contributed by atoms with van der Waals surface area (Å²) in [7, 11) is 0. The average Bonchev–Trinajstić information content (AvgIpc) is 2.79. The second-order valence-electron chi connectivity index (χ2n) is 8.19. The second-order valence-corrected chi connectivity index (χ2v) is 10.1. The second kappa shape index (κ2) is 6.32. The van der Waals surface area contributed by atoms with E-state index < -0.39 is 22.2 Å². The topological polar surface area (TPSA) is 76.0 Å². The zero-order valence-electron chi connectivity index (χ0n) is 15.3. The molecule has 0 unspecified atom stereocenters. The van der Waals surface area contributed by atoms with Crippen LogP contribution in [0.1, 0.15) is 50.3 Å². The number of carbonyl (C=O) groups is 1. The van der Waals surface area contributed by atoms with Crippen LogP contribution in [0, 0.1) is 12.3 Å². The van der Waals surface area contributed by atoms with Gasteiger partial charge in [-0.05, 0) is 52.5 Å². The van der Waals surface area contributed by atoms with Crippen molar-refractivity contribution < 1.29 is 14.5 Å². The Hall–Kier alpha value is -1.53. The van der Waals surface area contributed by atoms with E-state index in [0.29, 0.717) is 13.1 Å². The monoisotopic (exact) mass is 362 g/mol. The number of benzene rings is 1. The van der Waals surface area contributed by atoms with Crippen LogP contribution in [0.15, 0.2) is 22.6 Å². The molecule has 25 heavy (non-hydrogen) atoms. The molecular formula is C19H26N2O3S. The Labute approximate surface area is 152 Å². The minimum Gasteiger partial charge on any atom is -0.591 e. The molecule has 2 aliphatic rings. The number of fused-ring (bicyclic) bond motifs is 1. The molecule has 1 aromatic carbocycles. The first-order valence-electron chi connectivity index (χ1n) is 8.71. The van der Waals surface area contributed by atoms with Gasteiger partial charge in [-0.2, -0.15) is 0 Å². The summed E-state index contributed by atoms with van der Waals surface area (Å²) in [6.07, 6.45) is 1.45. The number of rotatable bonds is 1. The van der Waals surface area contributed by atoms with Crippen LogP contribution in [0.5, 0.6) is 0 Å². The molecule has 0 radical (unpaired) electrons. The molecule has 0 saturated carbocycles. The molecule has 136 valence electrons. The number of carboxylic acid groups (broad SMARTS) is 1. The third-order valence-electron chi connectivity index (χ3n) is 5.24. The van der Waals surface area contributed by atoms with E-state index in [2.05, 4.69) is 29.5 Å². The number of nitrogens with zero attached hydrogens (tertiary/aromatic N) is 2. The van der Waals surface area contributed by atoms with E-state index in [-0.39, 0.29) is 5.41 Å². The van der Waals surface area contributed by atoms with Gasteiger partial charge in [-0.3, -0.25) is 0 Å². The van der Waals surface area contributed by atoms with Crippen molar-refractivity contribution in [2.24, 2.45) is 9.81 Å². The van der Waals surface area contributed by atoms with E-state index in [1.807, 2.05) is 20.8 Å². The number of likely N-dealkylation sites (tertiary alicyclic amines) is 1. The number of hydrogen-bond acceptors (Lipinski definition) is 3. The minimum atomic E-state index is -1.33. The minimum absolute atomic E-state index is 0.191. The summed E-state index contributed by atoms with van der Waals surface area (Å²) in [5.41, 5.74) is 4.26. The van der Waals surface area contributed by atoms with Crippen molar-refractivity contribution >= 4 is 23.2 Å². The fourth-order valence-electron chi connectivity index (χ4n) is 3.74. The number of hydrogen-bond donors (Lipinski definition) is 1. The molecule has 1 N–H and O–H groups in total. The first kappa shape index (κ1) is 18.3. The molecule has 5 nitrogen and oxygen atoms in total. The van der Waals surface area contributed by atoms with Crippen molar-refractivity contribution in [1.29, 1.82) is 0 Å². The SMILES string of the molecule is Cc1ccc2c(c1)CC1(CCN(C(=O)O)CC1)/C2=N\[S@+]([O-])C(C)(C)C. The van der Waals surface area contributed by atoms with E-state index in [0.717, 1.165) is 30.5 Å². The maximum Gasteiger partial charge on any atom is 0.407 e. The Morgan fingerprint density at radius 2 is 1.96 bits per heavy atom. The maximum atomic E-state index is 12.7. The highest BCUT2D eigenvalue weighted by molar-refractivity contribution is 7.91. The molecule has 0 aromatic heterocycles. The molecule has 3 rings (SSSR count). The van der Waals surface area contributed by atoms with Crippen molar-refractivity contribution in [3.63, 3.8) is 0 Å². The van der Waals surface area contributed by atoms with Crippen LogP contribution < -0.4 is 0 Å². The molecule has 1 fully saturated rings. The van der Waals surface area contributed by atoms with E-state index >= 15 is 0 Å². The fraction of sp³-hybridized carbons (Fsp3) is 0.579. The van der Waals surface area contributed by atoms with Gasteiger partial charge in [-0.1, -0.05) is 28.2 Å². The molecule has 6 heteroatoms. The standard InChI is InChI=1S/C19H26N2O3S/c1-13-5-6-15-14(11-13)12-19(7-9-21(10-8-19)17(22)23)16(15)20-25(24)18(2,3)4/h5-6,11H,7-10,12H2,1-4H3,(H,22,23)/b20-16-/t25-/m1/s1. The van der Waals surface area contributed by atoms with Gasteiger partial charge in [0.25, 0.3) is 0 Å². The van der Waals surface area contributed by atoms with Crippen LogP contribution >= 0.6 is 0 Å². The Morgan fingerprint density at radius 1 is 1.32 bits per heavy atom. The van der Waals surface area contributed by atoms with Crippen LogP contribution in [0.2, 0.25) is 0 Å². The zero-order chi connectivity index (χ0) is 18.4. The molecule has 1 spiro atoms. The van der Waals surface area contributed by atoms with Crippen LogP contribution in [0.25, 0.3) is 0 Å². The Morgan fingerprint density at radius 3 is 2.52 bits per heavy atom. The highest BCUT2D eigenvalue weighted by Gasteiger charge is 2.48. The number of piperidine rings is 1. The lowest BCUT2D eigenvalue weighted by molar-refractivity contribution is 0.115. The molecule has 1 saturated heterocycles. The molecule has 1 aliphatic heterocycles. The molecule has 1 amide bonds. The van der Waals surface area contributed by atoms with Crippen LogP contribution in [0.4, 0.5) is 4.79 Å². The summed E-state index contributed by atoms with van der Waals surface area (Å²) in [5.74, 6) is 0. The largest absolute Gasteiger partial charge is 0.591 e. The van der Waals surface area contributed by atoms with E-state index in [1.54, 1.807) is 0 Å². The normalized spacial score (nSPS) is 22.3. The van der Waals surface area contributed by atoms with Gasteiger partial charge in [0, 0.05) is 24.1 Å². The van der Waals surface area contributed by atoms with Crippen molar-refractivity contribution in [3.8, 4) is 0 Å². The summed E-state index contributed by atoms with van der Waals surface area (Å²) in [5, 5.41) is 9.24. The van der Waals surface area contributed by atoms with Crippen molar-refractivity contribution in [2.75, 3.05) is 13.1 Å². The molecule has 1 atom stereocenters. The number of aryl methyl sites for hydroxylation is 1. The summed E-state index contributed by atoms with van der Waals surface area (Å²) in [6.45, 7) is 8.86. The fourth-order valence-corrected chi connectivity index (χ4v) is 4.47. The molecule has 1 heterocycles. The maximum absolute atomic E-state index is 12.7. The summed E-state index contributed by atoms with van der Waals surface area (Å²) in [4.78, 5) is 12.7. The number of amides is 1. The van der Waals surface area contributed by atoms with Crippen LogP contribution in [-0.2, 0) is 17.8 Å². The van der Waals surface area contributed by atoms with Crippen molar-refractivity contribution in [1.82, 2.24) is 4.90 Å². The highest BCUT2D eigenvalue weighted by atomic mass is 32.2. The Kier molecular flexibility index (Phi) is 4.62. The van der Waals surface area contributed by atoms with Gasteiger partial charge in [0.2, 0.25) is 0 Å². The van der Waals surface area contributed by atoms with Gasteiger partial charge in [0.15, 0.2) is 0 Å². The lowest BCUT2D eigenvalue weighted by Crippen LogP contribution is -2.45. The highest BCUT2D eigenvalue weighted by Crippen LogP contribution is 2.46. The van der Waals surface area contributed by atoms with Gasteiger partial charge in [-0.15, -0.1) is 0 Å². The third-order valence-corrected chi connectivity index (χ3v) is 6.63. The smallest absolute Gasteiger partial charge is 0.407 e. The summed E-state index contributed by atoms with van der Waals surface area (Å²) < 4.78 is 17.0. The lowest BCUT2D eigenvalue weighted by atomic mass is 9.74.